The molecule has 1 aromatic heterocycles. The van der Waals surface area contributed by atoms with E-state index in [1.54, 1.807) is 19.0 Å². The van der Waals surface area contributed by atoms with Crippen molar-refractivity contribution in [3.05, 3.63) is 42.1 Å². The van der Waals surface area contributed by atoms with Crippen LogP contribution >= 0.6 is 11.8 Å². The quantitative estimate of drug-likeness (QED) is 0.833. The van der Waals surface area contributed by atoms with E-state index >= 15 is 0 Å². The molecule has 8 heteroatoms. The van der Waals surface area contributed by atoms with E-state index in [0.717, 1.165) is 47.6 Å². The van der Waals surface area contributed by atoms with Crippen molar-refractivity contribution in [2.45, 2.75) is 6.42 Å². The van der Waals surface area contributed by atoms with Crippen molar-refractivity contribution in [1.82, 2.24) is 19.6 Å². The van der Waals surface area contributed by atoms with Gasteiger partial charge < -0.3 is 9.80 Å². The Morgan fingerprint density at radius 1 is 1.27 bits per heavy atom. The highest BCUT2D eigenvalue weighted by molar-refractivity contribution is 8.14. The number of amidine groups is 2. The van der Waals surface area contributed by atoms with Crippen molar-refractivity contribution in [3.8, 4) is 5.69 Å². The number of benzene rings is 1. The summed E-state index contributed by atoms with van der Waals surface area (Å²) in [5.41, 5.74) is 1.90. The number of amides is 1. The fourth-order valence-corrected chi connectivity index (χ4v) is 3.90. The second-order valence-corrected chi connectivity index (χ2v) is 7.25. The van der Waals surface area contributed by atoms with Crippen LogP contribution in [0.15, 0.2) is 46.5 Å². The third-order valence-electron chi connectivity index (χ3n) is 4.30. The number of carbonyl (C=O) groups excluding carboxylic acids is 1. The Hall–Kier alpha value is -2.61. The third-order valence-corrected chi connectivity index (χ3v) is 5.26. The predicted octanol–water partition coefficient (Wildman–Crippen LogP) is 2.15. The summed E-state index contributed by atoms with van der Waals surface area (Å²) in [6.07, 6.45) is 2.81. The van der Waals surface area contributed by atoms with Crippen LogP contribution in [-0.2, 0) is 4.79 Å². The zero-order chi connectivity index (χ0) is 18.1. The molecule has 134 valence electrons. The van der Waals surface area contributed by atoms with Crippen LogP contribution in [0.4, 0.5) is 5.82 Å². The first-order chi connectivity index (χ1) is 12.6. The lowest BCUT2D eigenvalue weighted by Crippen LogP contribution is -2.42. The molecular formula is C18H20N6OS. The number of para-hydroxylation sites is 1. The molecule has 1 aromatic carbocycles. The minimum Gasteiger partial charge on any atom is -0.348 e. The van der Waals surface area contributed by atoms with Gasteiger partial charge in [0.2, 0.25) is 5.91 Å². The molecule has 0 bridgehead atoms. The number of aliphatic imine (C=N–C) groups is 2. The summed E-state index contributed by atoms with van der Waals surface area (Å²) in [7, 11) is 3.53. The summed E-state index contributed by atoms with van der Waals surface area (Å²) in [5, 5.41) is 5.34. The van der Waals surface area contributed by atoms with Crippen molar-refractivity contribution in [2.75, 3.05) is 32.9 Å². The molecular weight excluding hydrogens is 348 g/mol. The molecule has 1 amide bonds. The smallest absolute Gasteiger partial charge is 0.232 e. The maximum Gasteiger partial charge on any atom is 0.232 e. The Bertz CT molecular complexity index is 886. The van der Waals surface area contributed by atoms with Crippen LogP contribution in [0.25, 0.3) is 5.69 Å². The number of carbonyl (C=O) groups is 1. The summed E-state index contributed by atoms with van der Waals surface area (Å²) in [4.78, 5) is 25.3. The topological polar surface area (TPSA) is 66.1 Å². The van der Waals surface area contributed by atoms with Gasteiger partial charge in [-0.1, -0.05) is 30.0 Å². The fraction of sp³-hybridized carbons (Fsp3) is 0.333. The van der Waals surface area contributed by atoms with E-state index in [0.29, 0.717) is 5.75 Å². The zero-order valence-electron chi connectivity index (χ0n) is 14.8. The average molecular weight is 368 g/mol. The Morgan fingerprint density at radius 3 is 2.85 bits per heavy atom. The monoisotopic (exact) mass is 368 g/mol. The SMILES string of the molecule is CN(C)C(=O)CSC1=Nc2c(cnn2-c2ccccc2)C2=NCCCN12. The van der Waals surface area contributed by atoms with Crippen LogP contribution in [0.1, 0.15) is 12.0 Å². The number of hydrogen-bond donors (Lipinski definition) is 0. The van der Waals surface area contributed by atoms with Crippen LogP contribution in [0, 0.1) is 0 Å². The second kappa shape index (κ2) is 6.95. The molecule has 7 nitrogen and oxygen atoms in total. The van der Waals surface area contributed by atoms with Crippen molar-refractivity contribution in [2.24, 2.45) is 9.98 Å². The van der Waals surface area contributed by atoms with Gasteiger partial charge in [-0.25, -0.2) is 9.67 Å². The Labute approximate surface area is 156 Å². The summed E-state index contributed by atoms with van der Waals surface area (Å²) in [6, 6.07) is 9.93. The standard InChI is InChI=1S/C18H20N6OS/c1-22(2)15(25)12-26-18-21-17-14(16-19-9-6-10-23(16)18)11-20-24(17)13-7-4-3-5-8-13/h3-5,7-8,11H,6,9-10,12H2,1-2H3. The Balaban J connectivity index is 1.74. The number of hydrogen-bond acceptors (Lipinski definition) is 6. The van der Waals surface area contributed by atoms with Crippen LogP contribution in [0.3, 0.4) is 0 Å². The van der Waals surface area contributed by atoms with Crippen LogP contribution in [0.5, 0.6) is 0 Å². The number of aromatic nitrogens is 2. The maximum atomic E-state index is 12.0. The number of nitrogens with zero attached hydrogens (tertiary/aromatic N) is 6. The van der Waals surface area contributed by atoms with E-state index in [-0.39, 0.29) is 5.91 Å². The van der Waals surface area contributed by atoms with E-state index in [4.69, 9.17) is 9.98 Å². The van der Waals surface area contributed by atoms with Gasteiger partial charge in [0, 0.05) is 27.2 Å². The number of fused-ring (bicyclic) bond motifs is 3. The molecule has 0 atom stereocenters. The van der Waals surface area contributed by atoms with Crippen LogP contribution < -0.4 is 0 Å². The molecule has 0 fully saturated rings. The van der Waals surface area contributed by atoms with Crippen LogP contribution in [-0.4, -0.2) is 69.4 Å². The van der Waals surface area contributed by atoms with Gasteiger partial charge in [0.1, 0.15) is 5.84 Å². The predicted molar refractivity (Wildman–Crippen MR) is 105 cm³/mol. The minimum atomic E-state index is 0.0653. The largest absolute Gasteiger partial charge is 0.348 e. The number of rotatable bonds is 3. The summed E-state index contributed by atoms with van der Waals surface area (Å²) in [6.45, 7) is 1.66. The van der Waals surface area contributed by atoms with Crippen molar-refractivity contribution in [1.29, 1.82) is 0 Å². The van der Waals surface area contributed by atoms with Gasteiger partial charge in [-0.3, -0.25) is 9.79 Å². The highest BCUT2D eigenvalue weighted by atomic mass is 32.2. The third kappa shape index (κ3) is 3.01. The molecule has 2 aromatic rings. The average Bonchev–Trinajstić information content (AvgIpc) is 3.10. The molecule has 0 N–H and O–H groups in total. The molecule has 0 spiro atoms. The molecule has 0 saturated carbocycles. The van der Waals surface area contributed by atoms with Gasteiger partial charge in [-0.2, -0.15) is 5.10 Å². The highest BCUT2D eigenvalue weighted by Crippen LogP contribution is 2.33. The molecule has 26 heavy (non-hydrogen) atoms. The number of thioether (sulfide) groups is 1. The molecule has 4 rings (SSSR count). The summed E-state index contributed by atoms with van der Waals surface area (Å²) < 4.78 is 1.83. The molecule has 0 unspecified atom stereocenters. The van der Waals surface area contributed by atoms with Gasteiger partial charge in [0.05, 0.1) is 23.2 Å². The van der Waals surface area contributed by atoms with Gasteiger partial charge in [0.25, 0.3) is 0 Å². The lowest BCUT2D eigenvalue weighted by Gasteiger charge is -2.32. The van der Waals surface area contributed by atoms with E-state index in [1.165, 1.54) is 11.8 Å². The highest BCUT2D eigenvalue weighted by Gasteiger charge is 2.31. The molecule has 0 saturated heterocycles. The van der Waals surface area contributed by atoms with Gasteiger partial charge >= 0.3 is 0 Å². The summed E-state index contributed by atoms with van der Waals surface area (Å²) in [5.74, 6) is 2.09. The zero-order valence-corrected chi connectivity index (χ0v) is 15.6. The molecule has 2 aliphatic rings. The van der Waals surface area contributed by atoms with Gasteiger partial charge in [-0.05, 0) is 18.6 Å². The lowest BCUT2D eigenvalue weighted by molar-refractivity contribution is -0.125. The van der Waals surface area contributed by atoms with E-state index < -0.39 is 0 Å². The van der Waals surface area contributed by atoms with Crippen LogP contribution in [0.2, 0.25) is 0 Å². The first-order valence-corrected chi connectivity index (χ1v) is 9.51. The second-order valence-electron chi connectivity index (χ2n) is 6.31. The van der Waals surface area contributed by atoms with E-state index in [1.807, 2.05) is 41.2 Å². The van der Waals surface area contributed by atoms with E-state index in [9.17, 15) is 4.79 Å². The lowest BCUT2D eigenvalue weighted by atomic mass is 10.2. The van der Waals surface area contributed by atoms with Crippen molar-refractivity contribution < 1.29 is 4.79 Å². The molecule has 0 radical (unpaired) electrons. The summed E-state index contributed by atoms with van der Waals surface area (Å²) >= 11 is 1.45. The van der Waals surface area contributed by atoms with Gasteiger partial charge in [-0.15, -0.1) is 0 Å². The Kier molecular flexibility index (Phi) is 4.50. The fourth-order valence-electron chi connectivity index (χ4n) is 2.90. The first-order valence-electron chi connectivity index (χ1n) is 8.52. The Morgan fingerprint density at radius 2 is 2.08 bits per heavy atom. The maximum absolute atomic E-state index is 12.0. The molecule has 2 aliphatic heterocycles. The van der Waals surface area contributed by atoms with Crippen molar-refractivity contribution >= 4 is 34.5 Å². The molecule has 0 aliphatic carbocycles. The normalized spacial score (nSPS) is 15.7. The minimum absolute atomic E-state index is 0.0653. The van der Waals surface area contributed by atoms with Gasteiger partial charge in [0.15, 0.2) is 11.0 Å². The first kappa shape index (κ1) is 16.8. The van der Waals surface area contributed by atoms with Crippen molar-refractivity contribution in [3.63, 3.8) is 0 Å². The molecule has 3 heterocycles. The van der Waals surface area contributed by atoms with E-state index in [2.05, 4.69) is 10.00 Å².